The zero-order valence-corrected chi connectivity index (χ0v) is 14.1. The fourth-order valence-corrected chi connectivity index (χ4v) is 2.43. The molecule has 1 aliphatic rings. The summed E-state index contributed by atoms with van der Waals surface area (Å²) in [6, 6.07) is 8.86. The van der Waals surface area contributed by atoms with Gasteiger partial charge in [-0.1, -0.05) is 0 Å². The average molecular weight is 343 g/mol. The van der Waals surface area contributed by atoms with E-state index in [1.54, 1.807) is 37.6 Å². The van der Waals surface area contributed by atoms with Crippen molar-refractivity contribution < 1.29 is 19.0 Å². The first-order valence-electron chi connectivity index (χ1n) is 8.16. The Morgan fingerprint density at radius 1 is 1.16 bits per heavy atom. The number of ether oxygens (including phenoxy) is 3. The first-order chi connectivity index (χ1) is 12.3. The lowest BCUT2D eigenvalue weighted by molar-refractivity contribution is 0.102. The molecule has 7 heteroatoms. The van der Waals surface area contributed by atoms with Crippen molar-refractivity contribution in [3.05, 3.63) is 42.2 Å². The minimum absolute atomic E-state index is 0.280. The zero-order valence-electron chi connectivity index (χ0n) is 14.1. The van der Waals surface area contributed by atoms with Crippen LogP contribution in [0.3, 0.4) is 0 Å². The van der Waals surface area contributed by atoms with Crippen molar-refractivity contribution in [2.45, 2.75) is 6.42 Å². The molecule has 0 spiro atoms. The quantitative estimate of drug-likeness (QED) is 0.752. The van der Waals surface area contributed by atoms with Crippen LogP contribution in [0.25, 0.3) is 0 Å². The maximum absolute atomic E-state index is 12.4. The van der Waals surface area contributed by atoms with Crippen molar-refractivity contribution in [2.75, 3.05) is 44.1 Å². The van der Waals surface area contributed by atoms with Gasteiger partial charge in [-0.15, -0.1) is 0 Å². The van der Waals surface area contributed by atoms with E-state index >= 15 is 0 Å². The standard InChI is InChI=1S/C18H21N3O4/c1-23-8-2-6-19-13-5-7-20-15(11-13)18(22)21-14-3-4-16-17(12-14)25-10-9-24-16/h3-5,7,11-12H,2,6,8-10H2,1H3,(H,19,20)(H,21,22). The predicted octanol–water partition coefficient (Wildman–Crippen LogP) is 2.55. The number of hydrogen-bond acceptors (Lipinski definition) is 6. The van der Waals surface area contributed by atoms with Crippen LogP contribution in [0.5, 0.6) is 11.5 Å². The minimum Gasteiger partial charge on any atom is -0.486 e. The number of rotatable bonds is 7. The summed E-state index contributed by atoms with van der Waals surface area (Å²) in [5.41, 5.74) is 1.82. The predicted molar refractivity (Wildman–Crippen MR) is 94.6 cm³/mol. The molecule has 2 N–H and O–H groups in total. The Balaban J connectivity index is 1.63. The highest BCUT2D eigenvalue weighted by Gasteiger charge is 2.14. The molecule has 0 unspecified atom stereocenters. The van der Waals surface area contributed by atoms with Gasteiger partial charge in [-0.3, -0.25) is 9.78 Å². The SMILES string of the molecule is COCCCNc1ccnc(C(=O)Nc2ccc3c(c2)OCCO3)c1. The molecule has 1 amide bonds. The molecule has 132 valence electrons. The lowest BCUT2D eigenvalue weighted by Gasteiger charge is -2.19. The van der Waals surface area contributed by atoms with Gasteiger partial charge in [0.25, 0.3) is 5.91 Å². The molecule has 2 aromatic rings. The summed E-state index contributed by atoms with van der Waals surface area (Å²) >= 11 is 0. The van der Waals surface area contributed by atoms with Gasteiger partial charge in [-0.25, -0.2) is 0 Å². The van der Waals surface area contributed by atoms with Gasteiger partial charge in [0.05, 0.1) is 0 Å². The number of nitrogens with one attached hydrogen (secondary N) is 2. The lowest BCUT2D eigenvalue weighted by Crippen LogP contribution is -2.17. The van der Waals surface area contributed by atoms with Crippen LogP contribution in [0.2, 0.25) is 0 Å². The summed E-state index contributed by atoms with van der Waals surface area (Å²) in [7, 11) is 1.67. The molecule has 0 radical (unpaired) electrons. The monoisotopic (exact) mass is 343 g/mol. The van der Waals surface area contributed by atoms with E-state index < -0.39 is 0 Å². The topological polar surface area (TPSA) is 81.7 Å². The van der Waals surface area contributed by atoms with E-state index in [0.29, 0.717) is 42.7 Å². The molecule has 1 aromatic heterocycles. The highest BCUT2D eigenvalue weighted by molar-refractivity contribution is 6.03. The molecule has 0 atom stereocenters. The smallest absolute Gasteiger partial charge is 0.274 e. The molecule has 7 nitrogen and oxygen atoms in total. The van der Waals surface area contributed by atoms with Crippen LogP contribution >= 0.6 is 0 Å². The van der Waals surface area contributed by atoms with Crippen molar-refractivity contribution >= 4 is 17.3 Å². The zero-order chi connectivity index (χ0) is 17.5. The molecule has 0 fully saturated rings. The number of hydrogen-bond donors (Lipinski definition) is 2. The number of anilines is 2. The number of pyridine rings is 1. The maximum Gasteiger partial charge on any atom is 0.274 e. The highest BCUT2D eigenvalue weighted by atomic mass is 16.6. The number of amides is 1. The molecule has 0 saturated carbocycles. The third-order valence-corrected chi connectivity index (χ3v) is 3.65. The van der Waals surface area contributed by atoms with Crippen LogP contribution in [0.15, 0.2) is 36.5 Å². The molecule has 0 saturated heterocycles. The van der Waals surface area contributed by atoms with Crippen molar-refractivity contribution in [2.24, 2.45) is 0 Å². The Kier molecular flexibility index (Phi) is 5.69. The van der Waals surface area contributed by atoms with Gasteiger partial charge in [0.2, 0.25) is 0 Å². The molecular formula is C18H21N3O4. The van der Waals surface area contributed by atoms with Crippen molar-refractivity contribution in [1.29, 1.82) is 0 Å². The second-order valence-electron chi connectivity index (χ2n) is 5.52. The van der Waals surface area contributed by atoms with Crippen molar-refractivity contribution in [3.63, 3.8) is 0 Å². The van der Waals surface area contributed by atoms with Gasteiger partial charge < -0.3 is 24.8 Å². The lowest BCUT2D eigenvalue weighted by atomic mass is 10.2. The molecule has 2 heterocycles. The number of fused-ring (bicyclic) bond motifs is 1. The van der Waals surface area contributed by atoms with Crippen LogP contribution < -0.4 is 20.1 Å². The van der Waals surface area contributed by atoms with Crippen molar-refractivity contribution in [1.82, 2.24) is 4.98 Å². The summed E-state index contributed by atoms with van der Waals surface area (Å²) < 4.78 is 16.0. The van der Waals surface area contributed by atoms with Gasteiger partial charge in [0.15, 0.2) is 11.5 Å². The van der Waals surface area contributed by atoms with E-state index in [1.807, 2.05) is 6.07 Å². The average Bonchev–Trinajstić information content (AvgIpc) is 2.65. The summed E-state index contributed by atoms with van der Waals surface area (Å²) in [5.74, 6) is 1.03. The molecular weight excluding hydrogens is 322 g/mol. The largest absolute Gasteiger partial charge is 0.486 e. The van der Waals surface area contributed by atoms with Crippen LogP contribution in [-0.4, -0.2) is 44.4 Å². The van der Waals surface area contributed by atoms with E-state index in [0.717, 1.165) is 18.7 Å². The normalized spacial score (nSPS) is 12.5. The van der Waals surface area contributed by atoms with Gasteiger partial charge >= 0.3 is 0 Å². The van der Waals surface area contributed by atoms with E-state index in [9.17, 15) is 4.79 Å². The number of benzene rings is 1. The van der Waals surface area contributed by atoms with Crippen molar-refractivity contribution in [3.8, 4) is 11.5 Å². The maximum atomic E-state index is 12.4. The van der Waals surface area contributed by atoms with Gasteiger partial charge in [0, 0.05) is 43.9 Å². The fourth-order valence-electron chi connectivity index (χ4n) is 2.43. The minimum atomic E-state index is -0.280. The van der Waals surface area contributed by atoms with Crippen LogP contribution in [0.4, 0.5) is 11.4 Å². The van der Waals surface area contributed by atoms with Gasteiger partial charge in [-0.05, 0) is 30.7 Å². The second-order valence-corrected chi connectivity index (χ2v) is 5.52. The van der Waals surface area contributed by atoms with Crippen LogP contribution in [-0.2, 0) is 4.74 Å². The first kappa shape index (κ1) is 17.0. The summed E-state index contributed by atoms with van der Waals surface area (Å²) in [4.78, 5) is 16.6. The van der Waals surface area contributed by atoms with E-state index in [-0.39, 0.29) is 5.91 Å². The third-order valence-electron chi connectivity index (χ3n) is 3.65. The number of nitrogens with zero attached hydrogens (tertiary/aromatic N) is 1. The summed E-state index contributed by atoms with van der Waals surface area (Å²) in [5, 5.41) is 6.07. The molecule has 3 rings (SSSR count). The summed E-state index contributed by atoms with van der Waals surface area (Å²) in [6.45, 7) is 2.49. The molecule has 1 aliphatic heterocycles. The molecule has 25 heavy (non-hydrogen) atoms. The number of carbonyl (C=O) groups is 1. The second kappa shape index (κ2) is 8.34. The number of aromatic nitrogens is 1. The Labute approximate surface area is 146 Å². The van der Waals surface area contributed by atoms with Crippen LogP contribution in [0, 0.1) is 0 Å². The highest BCUT2D eigenvalue weighted by Crippen LogP contribution is 2.32. The van der Waals surface area contributed by atoms with Gasteiger partial charge in [-0.2, -0.15) is 0 Å². The number of methoxy groups -OCH3 is 1. The fraction of sp³-hybridized carbons (Fsp3) is 0.333. The molecule has 0 aliphatic carbocycles. The number of carbonyl (C=O) groups excluding carboxylic acids is 1. The Bertz CT molecular complexity index is 736. The first-order valence-corrected chi connectivity index (χ1v) is 8.16. The van der Waals surface area contributed by atoms with Gasteiger partial charge in [0.1, 0.15) is 18.9 Å². The van der Waals surface area contributed by atoms with Crippen LogP contribution in [0.1, 0.15) is 16.9 Å². The Hall–Kier alpha value is -2.80. The summed E-state index contributed by atoms with van der Waals surface area (Å²) in [6.07, 6.45) is 2.49. The third kappa shape index (κ3) is 4.60. The Morgan fingerprint density at radius 2 is 2.00 bits per heavy atom. The molecule has 1 aromatic carbocycles. The Morgan fingerprint density at radius 3 is 2.84 bits per heavy atom. The molecule has 0 bridgehead atoms. The van der Waals surface area contributed by atoms with E-state index in [1.165, 1.54) is 0 Å². The van der Waals surface area contributed by atoms with E-state index in [4.69, 9.17) is 14.2 Å². The van der Waals surface area contributed by atoms with E-state index in [2.05, 4.69) is 15.6 Å².